The van der Waals surface area contributed by atoms with Gasteiger partial charge in [0.05, 0.1) is 5.88 Å². The average Bonchev–Trinajstić information content (AvgIpc) is 2.17. The molecule has 0 aliphatic heterocycles. The number of hydrogen-bond donors (Lipinski definition) is 1. The maximum absolute atomic E-state index is 11.1. The Morgan fingerprint density at radius 1 is 1.42 bits per heavy atom. The number of hydrogen-bond acceptors (Lipinski definition) is 2. The number of ketones is 1. The molecular weight excluding hydrogens is 174 g/mol. The number of carbonyl (C=O) groups excluding carboxylic acids is 1. The van der Waals surface area contributed by atoms with Crippen LogP contribution in [0.1, 0.15) is 10.4 Å². The van der Waals surface area contributed by atoms with Crippen molar-refractivity contribution in [2.75, 3.05) is 18.2 Å². The van der Waals surface area contributed by atoms with Crippen LogP contribution in [-0.2, 0) is 0 Å². The van der Waals surface area contributed by atoms with Gasteiger partial charge in [0.1, 0.15) is 0 Å². The lowest BCUT2D eigenvalue weighted by atomic mass is 10.1. The topological polar surface area (TPSA) is 29.1 Å². The number of benzene rings is 1. The van der Waals surface area contributed by atoms with Crippen molar-refractivity contribution in [2.24, 2.45) is 0 Å². The fourth-order valence-electron chi connectivity index (χ4n) is 0.900. The van der Waals surface area contributed by atoms with Gasteiger partial charge in [0.2, 0.25) is 0 Å². The Kier molecular flexibility index (Phi) is 3.11. The lowest BCUT2D eigenvalue weighted by molar-refractivity contribution is 0.102. The van der Waals surface area contributed by atoms with E-state index < -0.39 is 0 Å². The minimum absolute atomic E-state index is 0.0406. The molecule has 0 aliphatic rings. The molecule has 0 aromatic heterocycles. The average molecular weight is 184 g/mol. The van der Waals surface area contributed by atoms with Gasteiger partial charge in [-0.15, -0.1) is 11.6 Å². The molecule has 0 heterocycles. The first-order valence-corrected chi connectivity index (χ1v) is 4.18. The molecular formula is C9H10ClNO. The van der Waals surface area contributed by atoms with Gasteiger partial charge in [-0.2, -0.15) is 0 Å². The van der Waals surface area contributed by atoms with Gasteiger partial charge in [0.15, 0.2) is 5.78 Å². The zero-order valence-electron chi connectivity index (χ0n) is 6.80. The standard InChI is InChI=1S/C9H10ClNO/c1-11-8-4-2-7(3-5-8)9(12)6-10/h2-5,11H,6H2,1H3. The SMILES string of the molecule is CNc1ccc(C(=O)CCl)cc1. The number of nitrogens with one attached hydrogen (secondary N) is 1. The van der Waals surface area contributed by atoms with Crippen molar-refractivity contribution in [3.8, 4) is 0 Å². The third kappa shape index (κ3) is 1.98. The van der Waals surface area contributed by atoms with Crippen LogP contribution in [0.4, 0.5) is 5.69 Å². The van der Waals surface area contributed by atoms with Crippen molar-refractivity contribution in [3.63, 3.8) is 0 Å². The number of anilines is 1. The first-order valence-electron chi connectivity index (χ1n) is 3.65. The lowest BCUT2D eigenvalue weighted by Gasteiger charge is -2.00. The summed E-state index contributed by atoms with van der Waals surface area (Å²) in [5.41, 5.74) is 1.64. The molecule has 0 bridgehead atoms. The highest BCUT2D eigenvalue weighted by atomic mass is 35.5. The largest absolute Gasteiger partial charge is 0.388 e. The van der Waals surface area contributed by atoms with E-state index in [0.29, 0.717) is 5.56 Å². The van der Waals surface area contributed by atoms with E-state index >= 15 is 0 Å². The first kappa shape index (κ1) is 9.07. The number of halogens is 1. The van der Waals surface area contributed by atoms with Crippen LogP contribution in [0.3, 0.4) is 0 Å². The number of Topliss-reactive ketones (excluding diaryl/α,β-unsaturated/α-hetero) is 1. The van der Waals surface area contributed by atoms with Crippen LogP contribution in [0.5, 0.6) is 0 Å². The van der Waals surface area contributed by atoms with E-state index in [1.807, 2.05) is 19.2 Å². The van der Waals surface area contributed by atoms with Crippen LogP contribution < -0.4 is 5.32 Å². The minimum atomic E-state index is -0.0423. The summed E-state index contributed by atoms with van der Waals surface area (Å²) in [5, 5.41) is 2.97. The summed E-state index contributed by atoms with van der Waals surface area (Å²) in [6.45, 7) is 0. The van der Waals surface area contributed by atoms with Gasteiger partial charge < -0.3 is 5.32 Å². The molecule has 0 saturated heterocycles. The van der Waals surface area contributed by atoms with E-state index in [2.05, 4.69) is 5.32 Å². The molecule has 0 spiro atoms. The van der Waals surface area contributed by atoms with Crippen molar-refractivity contribution < 1.29 is 4.79 Å². The predicted octanol–water partition coefficient (Wildman–Crippen LogP) is 2.15. The van der Waals surface area contributed by atoms with Gasteiger partial charge >= 0.3 is 0 Å². The fourth-order valence-corrected chi connectivity index (χ4v) is 1.05. The molecule has 0 saturated carbocycles. The summed E-state index contributed by atoms with van der Waals surface area (Å²) in [7, 11) is 1.83. The maximum Gasteiger partial charge on any atom is 0.177 e. The molecule has 0 unspecified atom stereocenters. The lowest BCUT2D eigenvalue weighted by Crippen LogP contribution is -1.99. The Morgan fingerprint density at radius 2 is 2.00 bits per heavy atom. The van der Waals surface area contributed by atoms with Crippen LogP contribution in [0.2, 0.25) is 0 Å². The molecule has 3 heteroatoms. The van der Waals surface area contributed by atoms with Crippen molar-refractivity contribution in [3.05, 3.63) is 29.8 Å². The Labute approximate surface area is 76.5 Å². The molecule has 1 aromatic carbocycles. The summed E-state index contributed by atoms with van der Waals surface area (Å²) < 4.78 is 0. The summed E-state index contributed by atoms with van der Waals surface area (Å²) in [6, 6.07) is 7.21. The van der Waals surface area contributed by atoms with Gasteiger partial charge in [0.25, 0.3) is 0 Å². The molecule has 0 amide bonds. The van der Waals surface area contributed by atoms with Gasteiger partial charge in [-0.05, 0) is 24.3 Å². The van der Waals surface area contributed by atoms with Crippen LogP contribution in [0, 0.1) is 0 Å². The van der Waals surface area contributed by atoms with E-state index in [0.717, 1.165) is 5.69 Å². The van der Waals surface area contributed by atoms with E-state index in [1.54, 1.807) is 12.1 Å². The van der Waals surface area contributed by atoms with Crippen LogP contribution in [0.25, 0.3) is 0 Å². The zero-order chi connectivity index (χ0) is 8.97. The summed E-state index contributed by atoms with van der Waals surface area (Å²) in [4.78, 5) is 11.1. The van der Waals surface area contributed by atoms with Crippen LogP contribution in [0.15, 0.2) is 24.3 Å². The Bertz CT molecular complexity index is 268. The summed E-state index contributed by atoms with van der Waals surface area (Å²) in [6.07, 6.45) is 0. The molecule has 2 nitrogen and oxygen atoms in total. The van der Waals surface area contributed by atoms with Gasteiger partial charge in [-0.25, -0.2) is 0 Å². The van der Waals surface area contributed by atoms with Gasteiger partial charge in [-0.1, -0.05) is 0 Å². The second-order valence-corrected chi connectivity index (χ2v) is 2.65. The fraction of sp³-hybridized carbons (Fsp3) is 0.222. The van der Waals surface area contributed by atoms with Crippen molar-refractivity contribution in [1.29, 1.82) is 0 Å². The first-order chi connectivity index (χ1) is 5.77. The molecule has 0 aliphatic carbocycles. The molecule has 0 atom stereocenters. The highest BCUT2D eigenvalue weighted by molar-refractivity contribution is 6.30. The smallest absolute Gasteiger partial charge is 0.177 e. The highest BCUT2D eigenvalue weighted by Crippen LogP contribution is 2.09. The Balaban J connectivity index is 2.84. The molecule has 64 valence electrons. The normalized spacial score (nSPS) is 9.50. The zero-order valence-corrected chi connectivity index (χ0v) is 7.56. The third-order valence-electron chi connectivity index (χ3n) is 1.62. The van der Waals surface area contributed by atoms with E-state index in [1.165, 1.54) is 0 Å². The minimum Gasteiger partial charge on any atom is -0.388 e. The molecule has 0 fully saturated rings. The van der Waals surface area contributed by atoms with E-state index in [4.69, 9.17) is 11.6 Å². The van der Waals surface area contributed by atoms with E-state index in [9.17, 15) is 4.79 Å². The summed E-state index contributed by atoms with van der Waals surface area (Å²) >= 11 is 5.40. The maximum atomic E-state index is 11.1. The van der Waals surface area contributed by atoms with Crippen molar-refractivity contribution >= 4 is 23.1 Å². The number of carbonyl (C=O) groups is 1. The van der Waals surface area contributed by atoms with Gasteiger partial charge in [-0.3, -0.25) is 4.79 Å². The second kappa shape index (κ2) is 4.12. The molecule has 1 N–H and O–H groups in total. The quantitative estimate of drug-likeness (QED) is 0.575. The number of alkyl halides is 1. The Morgan fingerprint density at radius 3 is 2.42 bits per heavy atom. The monoisotopic (exact) mass is 183 g/mol. The number of rotatable bonds is 3. The Hall–Kier alpha value is -1.02. The van der Waals surface area contributed by atoms with Crippen molar-refractivity contribution in [2.45, 2.75) is 0 Å². The van der Waals surface area contributed by atoms with Crippen LogP contribution in [-0.4, -0.2) is 18.7 Å². The van der Waals surface area contributed by atoms with Crippen LogP contribution >= 0.6 is 11.6 Å². The van der Waals surface area contributed by atoms with E-state index in [-0.39, 0.29) is 11.7 Å². The predicted molar refractivity (Wildman–Crippen MR) is 51.0 cm³/mol. The van der Waals surface area contributed by atoms with Crippen molar-refractivity contribution in [1.82, 2.24) is 0 Å². The summed E-state index contributed by atoms with van der Waals surface area (Å²) in [5.74, 6) is -0.00172. The molecule has 1 aromatic rings. The second-order valence-electron chi connectivity index (χ2n) is 2.38. The molecule has 0 radical (unpaired) electrons. The third-order valence-corrected chi connectivity index (χ3v) is 1.86. The highest BCUT2D eigenvalue weighted by Gasteiger charge is 2.01. The molecule has 1 rings (SSSR count). The molecule has 12 heavy (non-hydrogen) atoms. The van der Waals surface area contributed by atoms with Gasteiger partial charge in [0, 0.05) is 18.3 Å².